The summed E-state index contributed by atoms with van der Waals surface area (Å²) in [6.07, 6.45) is 1.25. The maximum atomic E-state index is 3.07. The van der Waals surface area contributed by atoms with Gasteiger partial charge < -0.3 is 5.32 Å². The van der Waals surface area contributed by atoms with E-state index < -0.39 is 0 Å². The second kappa shape index (κ2) is 12.0. The van der Waals surface area contributed by atoms with Crippen LogP contribution in [-0.4, -0.2) is 7.05 Å². The Balaban J connectivity index is 0. The monoisotopic (exact) mass is 195 g/mol. The van der Waals surface area contributed by atoms with Gasteiger partial charge >= 0.3 is 0 Å². The summed E-state index contributed by atoms with van der Waals surface area (Å²) in [5.41, 5.74) is 2.47. The first kappa shape index (κ1) is 15.5. The summed E-state index contributed by atoms with van der Waals surface area (Å²) in [5, 5.41) is 3.07. The van der Waals surface area contributed by atoms with Crippen LogP contribution in [0.3, 0.4) is 0 Å². The highest BCUT2D eigenvalue weighted by molar-refractivity contribution is 5.44. The van der Waals surface area contributed by atoms with Crippen molar-refractivity contribution in [1.82, 2.24) is 0 Å². The fourth-order valence-electron chi connectivity index (χ4n) is 0.801. The molecule has 0 amide bonds. The van der Waals surface area contributed by atoms with Crippen molar-refractivity contribution in [3.8, 4) is 0 Å². The third-order valence-corrected chi connectivity index (χ3v) is 1.31. The summed E-state index contributed by atoms with van der Waals surface area (Å²) < 4.78 is 0. The van der Waals surface area contributed by atoms with Gasteiger partial charge in [-0.2, -0.15) is 0 Å². The molecular weight excluding hydrogens is 170 g/mol. The fourth-order valence-corrected chi connectivity index (χ4v) is 0.801. The maximum Gasteiger partial charge on any atom is 0.0340 e. The minimum atomic E-state index is 1.18. The lowest BCUT2D eigenvalue weighted by atomic mass is 10.2. The summed E-state index contributed by atoms with van der Waals surface area (Å²) in [7, 11) is 1.93. The maximum absolute atomic E-state index is 3.07. The van der Waals surface area contributed by atoms with Gasteiger partial charge in [0.15, 0.2) is 0 Å². The van der Waals surface area contributed by atoms with Crippen LogP contribution in [0.2, 0.25) is 0 Å². The Morgan fingerprint density at radius 2 is 1.64 bits per heavy atom. The van der Waals surface area contributed by atoms with E-state index in [1.54, 1.807) is 0 Å². The molecular formula is C13H25N. The van der Waals surface area contributed by atoms with Gasteiger partial charge in [-0.05, 0) is 24.6 Å². The molecule has 0 spiro atoms. The predicted octanol–water partition coefficient (Wildman–Crippen LogP) is 4.48. The third-order valence-electron chi connectivity index (χ3n) is 1.31. The van der Waals surface area contributed by atoms with Gasteiger partial charge in [-0.3, -0.25) is 0 Å². The van der Waals surface area contributed by atoms with Crippen LogP contribution >= 0.6 is 0 Å². The molecule has 14 heavy (non-hydrogen) atoms. The lowest BCUT2D eigenvalue weighted by Crippen LogP contribution is -1.86. The highest BCUT2D eigenvalue weighted by atomic mass is 14.8. The molecule has 0 radical (unpaired) electrons. The van der Waals surface area contributed by atoms with E-state index in [1.165, 1.54) is 17.7 Å². The van der Waals surface area contributed by atoms with Gasteiger partial charge in [0, 0.05) is 12.7 Å². The quantitative estimate of drug-likeness (QED) is 0.696. The van der Waals surface area contributed by atoms with Crippen molar-refractivity contribution >= 4 is 5.69 Å². The van der Waals surface area contributed by atoms with Crippen molar-refractivity contribution in [3.05, 3.63) is 29.8 Å². The number of nitrogens with one attached hydrogen (secondary N) is 1. The molecule has 1 aromatic rings. The summed E-state index contributed by atoms with van der Waals surface area (Å²) in [6.45, 7) is 10.3. The normalized spacial score (nSPS) is 7.57. The van der Waals surface area contributed by atoms with E-state index in [2.05, 4.69) is 38.2 Å². The molecule has 0 aliphatic heterocycles. The van der Waals surface area contributed by atoms with Gasteiger partial charge in [0.05, 0.1) is 0 Å². The molecule has 0 saturated heterocycles. The first-order valence-electron chi connectivity index (χ1n) is 5.49. The molecule has 1 N–H and O–H groups in total. The standard InChI is InChI=1S/C8H11N.C3H8.C2H6/c1-7-4-3-5-8(6-7)9-2;1-3-2;1-2/h3-6,9H,1-2H3;3H2,1-2H3;1-2H3. The lowest BCUT2D eigenvalue weighted by Gasteiger charge is -1.98. The molecule has 0 atom stereocenters. The van der Waals surface area contributed by atoms with Gasteiger partial charge in [-0.15, -0.1) is 0 Å². The Morgan fingerprint density at radius 3 is 1.93 bits per heavy atom. The highest BCUT2D eigenvalue weighted by Gasteiger charge is 1.84. The van der Waals surface area contributed by atoms with Gasteiger partial charge in [0.2, 0.25) is 0 Å². The van der Waals surface area contributed by atoms with Crippen LogP contribution < -0.4 is 5.32 Å². The van der Waals surface area contributed by atoms with Gasteiger partial charge in [-0.25, -0.2) is 0 Å². The van der Waals surface area contributed by atoms with E-state index >= 15 is 0 Å². The van der Waals surface area contributed by atoms with Crippen LogP contribution in [0.1, 0.15) is 39.7 Å². The molecule has 0 heterocycles. The van der Waals surface area contributed by atoms with Gasteiger partial charge in [-0.1, -0.05) is 46.2 Å². The first-order chi connectivity index (χ1) is 6.74. The molecule has 1 aromatic carbocycles. The number of hydrogen-bond donors (Lipinski definition) is 1. The van der Waals surface area contributed by atoms with E-state index in [4.69, 9.17) is 0 Å². The largest absolute Gasteiger partial charge is 0.388 e. The molecule has 1 rings (SSSR count). The van der Waals surface area contributed by atoms with Crippen molar-refractivity contribution in [3.63, 3.8) is 0 Å². The second-order valence-corrected chi connectivity index (χ2v) is 2.83. The van der Waals surface area contributed by atoms with E-state index in [0.717, 1.165) is 0 Å². The molecule has 0 aromatic heterocycles. The first-order valence-corrected chi connectivity index (χ1v) is 5.49. The molecule has 0 fully saturated rings. The van der Waals surface area contributed by atoms with Gasteiger partial charge in [0.25, 0.3) is 0 Å². The van der Waals surface area contributed by atoms with E-state index in [-0.39, 0.29) is 0 Å². The Labute approximate surface area is 89.5 Å². The number of anilines is 1. The number of hydrogen-bond acceptors (Lipinski definition) is 1. The zero-order valence-electron chi connectivity index (χ0n) is 10.5. The molecule has 82 valence electrons. The fraction of sp³-hybridized carbons (Fsp3) is 0.538. The Morgan fingerprint density at radius 1 is 1.14 bits per heavy atom. The van der Waals surface area contributed by atoms with Crippen molar-refractivity contribution in [2.45, 2.75) is 41.0 Å². The summed E-state index contributed by atoms with van der Waals surface area (Å²) >= 11 is 0. The minimum Gasteiger partial charge on any atom is -0.388 e. The van der Waals surface area contributed by atoms with Crippen LogP contribution in [0.5, 0.6) is 0 Å². The number of rotatable bonds is 1. The molecule has 0 unspecified atom stereocenters. The molecule has 0 aliphatic carbocycles. The average Bonchev–Trinajstić information content (AvgIpc) is 2.22. The van der Waals surface area contributed by atoms with Crippen molar-refractivity contribution in [2.75, 3.05) is 12.4 Å². The molecule has 0 bridgehead atoms. The van der Waals surface area contributed by atoms with Gasteiger partial charge in [0.1, 0.15) is 0 Å². The predicted molar refractivity (Wildman–Crippen MR) is 68.0 cm³/mol. The van der Waals surface area contributed by atoms with Crippen molar-refractivity contribution < 1.29 is 0 Å². The Hall–Kier alpha value is -0.980. The lowest BCUT2D eigenvalue weighted by molar-refractivity contribution is 1.09. The topological polar surface area (TPSA) is 12.0 Å². The highest BCUT2D eigenvalue weighted by Crippen LogP contribution is 2.07. The van der Waals surface area contributed by atoms with E-state index in [0.29, 0.717) is 0 Å². The number of benzene rings is 1. The van der Waals surface area contributed by atoms with E-state index in [9.17, 15) is 0 Å². The average molecular weight is 195 g/mol. The second-order valence-electron chi connectivity index (χ2n) is 2.83. The van der Waals surface area contributed by atoms with Crippen LogP contribution in [0, 0.1) is 6.92 Å². The summed E-state index contributed by atoms with van der Waals surface area (Å²) in [5.74, 6) is 0. The zero-order chi connectivity index (χ0) is 11.4. The minimum absolute atomic E-state index is 1.18. The smallest absolute Gasteiger partial charge is 0.0340 e. The number of aryl methyl sites for hydroxylation is 1. The van der Waals surface area contributed by atoms with Crippen LogP contribution in [0.15, 0.2) is 24.3 Å². The van der Waals surface area contributed by atoms with Crippen molar-refractivity contribution in [2.24, 2.45) is 0 Å². The Bertz CT molecular complexity index is 206. The SMILES string of the molecule is CC.CCC.CNc1cccc(C)c1. The molecule has 1 heteroatoms. The summed E-state index contributed by atoms with van der Waals surface area (Å²) in [4.78, 5) is 0. The Kier molecular flexibility index (Phi) is 13.3. The van der Waals surface area contributed by atoms with Crippen LogP contribution in [-0.2, 0) is 0 Å². The molecule has 0 saturated carbocycles. The van der Waals surface area contributed by atoms with E-state index in [1.807, 2.05) is 33.0 Å². The molecule has 1 nitrogen and oxygen atoms in total. The summed E-state index contributed by atoms with van der Waals surface area (Å²) in [6, 6.07) is 8.29. The van der Waals surface area contributed by atoms with Crippen LogP contribution in [0.4, 0.5) is 5.69 Å². The van der Waals surface area contributed by atoms with Crippen molar-refractivity contribution in [1.29, 1.82) is 0 Å². The third kappa shape index (κ3) is 9.11. The zero-order valence-corrected chi connectivity index (χ0v) is 10.5. The van der Waals surface area contributed by atoms with Crippen LogP contribution in [0.25, 0.3) is 0 Å². The molecule has 0 aliphatic rings.